The van der Waals surface area contributed by atoms with Crippen LogP contribution in [0.2, 0.25) is 5.02 Å². The number of benzene rings is 3. The molecule has 0 atom stereocenters. The number of nitrogens with one attached hydrogen (secondary N) is 1. The third-order valence-corrected chi connectivity index (χ3v) is 4.84. The van der Waals surface area contributed by atoms with E-state index in [1.54, 1.807) is 13.4 Å². The quantitative estimate of drug-likeness (QED) is 0.420. The van der Waals surface area contributed by atoms with Crippen molar-refractivity contribution in [2.24, 2.45) is 0 Å². The molecule has 0 bridgehead atoms. The molecule has 0 aliphatic rings. The van der Waals surface area contributed by atoms with Crippen molar-refractivity contribution in [2.45, 2.75) is 6.92 Å². The van der Waals surface area contributed by atoms with Gasteiger partial charge in [0, 0.05) is 11.1 Å². The Kier molecular flexibility index (Phi) is 5.49. The van der Waals surface area contributed by atoms with E-state index in [2.05, 4.69) is 27.4 Å². The molecule has 0 saturated heterocycles. The van der Waals surface area contributed by atoms with E-state index in [1.807, 2.05) is 55.5 Å². The van der Waals surface area contributed by atoms with Crippen LogP contribution in [0, 0.1) is 0 Å². The van der Waals surface area contributed by atoms with Crippen LogP contribution in [0.5, 0.6) is 11.5 Å². The molecule has 0 fully saturated rings. The van der Waals surface area contributed by atoms with Crippen LogP contribution in [0.1, 0.15) is 6.92 Å². The second-order valence-electron chi connectivity index (χ2n) is 6.39. The number of halogens is 1. The monoisotopic (exact) mass is 405 g/mol. The lowest BCUT2D eigenvalue weighted by Gasteiger charge is -2.11. The first-order valence-corrected chi connectivity index (χ1v) is 9.64. The molecule has 4 rings (SSSR count). The van der Waals surface area contributed by atoms with Crippen LogP contribution in [0.25, 0.3) is 22.0 Å². The molecule has 0 radical (unpaired) electrons. The molecule has 29 heavy (non-hydrogen) atoms. The van der Waals surface area contributed by atoms with Crippen molar-refractivity contribution >= 4 is 34.0 Å². The number of hydrogen-bond donors (Lipinski definition) is 1. The first-order valence-electron chi connectivity index (χ1n) is 9.26. The SMILES string of the molecule is CCOc1ccc(-c2ccc3ncnc(Nc4ccc(OC)c(Cl)c4)c3c2)cc1. The Morgan fingerprint density at radius 1 is 0.931 bits per heavy atom. The summed E-state index contributed by atoms with van der Waals surface area (Å²) < 4.78 is 10.7. The van der Waals surface area contributed by atoms with Crippen molar-refractivity contribution in [1.82, 2.24) is 9.97 Å². The Balaban J connectivity index is 1.70. The fraction of sp³-hybridized carbons (Fsp3) is 0.130. The van der Waals surface area contributed by atoms with Crippen LogP contribution in [-0.2, 0) is 0 Å². The van der Waals surface area contributed by atoms with E-state index in [1.165, 1.54) is 0 Å². The first kappa shape index (κ1) is 19.0. The minimum atomic E-state index is 0.533. The van der Waals surface area contributed by atoms with E-state index in [0.717, 1.165) is 33.5 Å². The van der Waals surface area contributed by atoms with Gasteiger partial charge in [-0.3, -0.25) is 0 Å². The van der Waals surface area contributed by atoms with Crippen LogP contribution in [0.15, 0.2) is 67.0 Å². The summed E-state index contributed by atoms with van der Waals surface area (Å²) in [6.45, 7) is 2.62. The summed E-state index contributed by atoms with van der Waals surface area (Å²) in [5.74, 6) is 2.20. The number of aromatic nitrogens is 2. The van der Waals surface area contributed by atoms with Gasteiger partial charge in [-0.25, -0.2) is 9.97 Å². The summed E-state index contributed by atoms with van der Waals surface area (Å²) in [4.78, 5) is 8.82. The highest BCUT2D eigenvalue weighted by atomic mass is 35.5. The molecule has 6 heteroatoms. The van der Waals surface area contributed by atoms with E-state index in [0.29, 0.717) is 23.2 Å². The highest BCUT2D eigenvalue weighted by Crippen LogP contribution is 2.32. The van der Waals surface area contributed by atoms with Gasteiger partial charge < -0.3 is 14.8 Å². The molecule has 4 aromatic rings. The lowest BCUT2D eigenvalue weighted by atomic mass is 10.0. The molecule has 1 N–H and O–H groups in total. The second kappa shape index (κ2) is 8.37. The van der Waals surface area contributed by atoms with Gasteiger partial charge in [0.2, 0.25) is 0 Å². The Morgan fingerprint density at radius 2 is 1.72 bits per heavy atom. The zero-order valence-electron chi connectivity index (χ0n) is 16.1. The summed E-state index contributed by atoms with van der Waals surface area (Å²) in [5.41, 5.74) is 3.85. The molecular formula is C23H20ClN3O2. The Labute approximate surface area is 174 Å². The van der Waals surface area contributed by atoms with E-state index in [-0.39, 0.29) is 0 Å². The van der Waals surface area contributed by atoms with E-state index in [9.17, 15) is 0 Å². The average Bonchev–Trinajstić information content (AvgIpc) is 2.75. The lowest BCUT2D eigenvalue weighted by Crippen LogP contribution is -1.97. The van der Waals surface area contributed by atoms with Gasteiger partial charge in [-0.1, -0.05) is 29.8 Å². The Hall–Kier alpha value is -3.31. The topological polar surface area (TPSA) is 56.3 Å². The van der Waals surface area contributed by atoms with E-state index in [4.69, 9.17) is 21.1 Å². The highest BCUT2D eigenvalue weighted by Gasteiger charge is 2.09. The molecule has 146 valence electrons. The zero-order chi connectivity index (χ0) is 20.2. The minimum Gasteiger partial charge on any atom is -0.495 e. The van der Waals surface area contributed by atoms with Crippen molar-refractivity contribution in [3.63, 3.8) is 0 Å². The number of hydrogen-bond acceptors (Lipinski definition) is 5. The highest BCUT2D eigenvalue weighted by molar-refractivity contribution is 6.32. The minimum absolute atomic E-state index is 0.533. The van der Waals surface area contributed by atoms with Gasteiger partial charge in [-0.05, 0) is 60.5 Å². The summed E-state index contributed by atoms with van der Waals surface area (Å²) >= 11 is 6.25. The Bertz CT molecular complexity index is 1150. The van der Waals surface area contributed by atoms with Gasteiger partial charge in [-0.2, -0.15) is 0 Å². The molecule has 0 amide bonds. The third kappa shape index (κ3) is 4.10. The standard InChI is InChI=1S/C23H20ClN3O2/c1-3-29-18-8-4-15(5-9-18)16-6-10-21-19(12-16)23(26-14-25-21)27-17-7-11-22(28-2)20(24)13-17/h4-14H,3H2,1-2H3,(H,25,26,27). The predicted molar refractivity (Wildman–Crippen MR) is 117 cm³/mol. The van der Waals surface area contributed by atoms with Gasteiger partial charge in [0.25, 0.3) is 0 Å². The van der Waals surface area contributed by atoms with Crippen molar-refractivity contribution in [2.75, 3.05) is 19.0 Å². The molecule has 0 unspecified atom stereocenters. The van der Waals surface area contributed by atoms with Gasteiger partial charge in [0.05, 0.1) is 24.3 Å². The average molecular weight is 406 g/mol. The molecule has 1 heterocycles. The molecular weight excluding hydrogens is 386 g/mol. The summed E-state index contributed by atoms with van der Waals surface area (Å²) in [6, 6.07) is 19.7. The number of nitrogens with zero attached hydrogens (tertiary/aromatic N) is 2. The van der Waals surface area contributed by atoms with E-state index < -0.39 is 0 Å². The fourth-order valence-corrected chi connectivity index (χ4v) is 3.38. The third-order valence-electron chi connectivity index (χ3n) is 4.55. The van der Waals surface area contributed by atoms with Crippen molar-refractivity contribution in [3.05, 3.63) is 72.0 Å². The molecule has 0 aliphatic heterocycles. The van der Waals surface area contributed by atoms with Gasteiger partial charge in [-0.15, -0.1) is 0 Å². The number of rotatable bonds is 6. The zero-order valence-corrected chi connectivity index (χ0v) is 16.9. The van der Waals surface area contributed by atoms with Crippen LogP contribution >= 0.6 is 11.6 Å². The molecule has 5 nitrogen and oxygen atoms in total. The lowest BCUT2D eigenvalue weighted by molar-refractivity contribution is 0.340. The number of ether oxygens (including phenoxy) is 2. The molecule has 0 saturated carbocycles. The number of fused-ring (bicyclic) bond motifs is 1. The smallest absolute Gasteiger partial charge is 0.141 e. The first-order chi connectivity index (χ1) is 14.2. The number of anilines is 2. The fourth-order valence-electron chi connectivity index (χ4n) is 3.13. The molecule has 1 aromatic heterocycles. The molecule has 3 aromatic carbocycles. The second-order valence-corrected chi connectivity index (χ2v) is 6.79. The van der Waals surface area contributed by atoms with Gasteiger partial charge in [0.15, 0.2) is 0 Å². The number of methoxy groups -OCH3 is 1. The summed E-state index contributed by atoms with van der Waals surface area (Å²) in [5, 5.41) is 4.79. The maximum absolute atomic E-state index is 6.25. The van der Waals surface area contributed by atoms with Crippen LogP contribution in [0.3, 0.4) is 0 Å². The Morgan fingerprint density at radius 3 is 2.45 bits per heavy atom. The maximum Gasteiger partial charge on any atom is 0.141 e. The van der Waals surface area contributed by atoms with Crippen LogP contribution in [0.4, 0.5) is 11.5 Å². The summed E-state index contributed by atoms with van der Waals surface area (Å²) in [6.07, 6.45) is 1.55. The summed E-state index contributed by atoms with van der Waals surface area (Å²) in [7, 11) is 1.59. The van der Waals surface area contributed by atoms with Gasteiger partial charge >= 0.3 is 0 Å². The molecule has 0 spiro atoms. The largest absolute Gasteiger partial charge is 0.495 e. The van der Waals surface area contributed by atoms with E-state index >= 15 is 0 Å². The predicted octanol–water partition coefficient (Wildman–Crippen LogP) is 6.10. The van der Waals surface area contributed by atoms with Crippen molar-refractivity contribution in [3.8, 4) is 22.6 Å². The molecule has 0 aliphatic carbocycles. The van der Waals surface area contributed by atoms with Crippen molar-refractivity contribution in [1.29, 1.82) is 0 Å². The van der Waals surface area contributed by atoms with Gasteiger partial charge in [0.1, 0.15) is 23.6 Å². The normalized spacial score (nSPS) is 10.7. The van der Waals surface area contributed by atoms with Crippen LogP contribution < -0.4 is 14.8 Å². The van der Waals surface area contributed by atoms with Crippen LogP contribution in [-0.4, -0.2) is 23.7 Å². The van der Waals surface area contributed by atoms with Crippen molar-refractivity contribution < 1.29 is 9.47 Å². The maximum atomic E-state index is 6.25.